The first-order chi connectivity index (χ1) is 7.06. The van der Waals surface area contributed by atoms with E-state index in [4.69, 9.17) is 5.11 Å². The minimum atomic E-state index is -0.915. The van der Waals surface area contributed by atoms with Crippen LogP contribution < -0.4 is 0 Å². The van der Waals surface area contributed by atoms with E-state index in [1.807, 2.05) is 0 Å². The SMILES string of the molecule is CCC(C(=O)O)N(C)C(=O)CC1CCC1. The average Bonchev–Trinajstić information content (AvgIpc) is 2.11. The van der Waals surface area contributed by atoms with Crippen molar-refractivity contribution in [2.45, 2.75) is 45.1 Å². The molecule has 1 saturated carbocycles. The highest BCUT2D eigenvalue weighted by Crippen LogP contribution is 2.30. The third-order valence-electron chi connectivity index (χ3n) is 3.22. The molecule has 0 aromatic heterocycles. The zero-order valence-electron chi connectivity index (χ0n) is 9.40. The maximum Gasteiger partial charge on any atom is 0.326 e. The molecular formula is C11H19NO3. The Hall–Kier alpha value is -1.06. The first kappa shape index (κ1) is 12.0. The molecule has 1 amide bonds. The van der Waals surface area contributed by atoms with E-state index in [1.54, 1.807) is 14.0 Å². The van der Waals surface area contributed by atoms with Gasteiger partial charge in [-0.1, -0.05) is 13.3 Å². The summed E-state index contributed by atoms with van der Waals surface area (Å²) in [5.74, 6) is -0.456. The minimum absolute atomic E-state index is 0.0334. The van der Waals surface area contributed by atoms with Gasteiger partial charge in [-0.2, -0.15) is 0 Å². The summed E-state index contributed by atoms with van der Waals surface area (Å²) >= 11 is 0. The van der Waals surface area contributed by atoms with Crippen LogP contribution in [-0.4, -0.2) is 35.0 Å². The van der Waals surface area contributed by atoms with Crippen molar-refractivity contribution in [2.75, 3.05) is 7.05 Å². The van der Waals surface area contributed by atoms with Crippen molar-refractivity contribution >= 4 is 11.9 Å². The van der Waals surface area contributed by atoms with E-state index < -0.39 is 12.0 Å². The van der Waals surface area contributed by atoms with Gasteiger partial charge in [0.25, 0.3) is 0 Å². The molecule has 1 unspecified atom stereocenters. The molecule has 0 bridgehead atoms. The highest BCUT2D eigenvalue weighted by Gasteiger charge is 2.28. The monoisotopic (exact) mass is 213 g/mol. The molecule has 1 aliphatic carbocycles. The Morgan fingerprint density at radius 2 is 2.07 bits per heavy atom. The van der Waals surface area contributed by atoms with Crippen LogP contribution in [0.4, 0.5) is 0 Å². The maximum atomic E-state index is 11.7. The standard InChI is InChI=1S/C11H19NO3/c1-3-9(11(14)15)12(2)10(13)7-8-5-4-6-8/h8-9H,3-7H2,1-2H3,(H,14,15). The van der Waals surface area contributed by atoms with Crippen LogP contribution in [0.5, 0.6) is 0 Å². The lowest BCUT2D eigenvalue weighted by atomic mass is 9.82. The quantitative estimate of drug-likeness (QED) is 0.753. The fraction of sp³-hybridized carbons (Fsp3) is 0.818. The molecule has 0 saturated heterocycles. The fourth-order valence-corrected chi connectivity index (χ4v) is 1.88. The molecule has 1 aliphatic rings. The molecule has 15 heavy (non-hydrogen) atoms. The largest absolute Gasteiger partial charge is 0.480 e. The van der Waals surface area contributed by atoms with Crippen LogP contribution in [0.2, 0.25) is 0 Å². The van der Waals surface area contributed by atoms with Crippen LogP contribution in [0, 0.1) is 5.92 Å². The number of hydrogen-bond donors (Lipinski definition) is 1. The van der Waals surface area contributed by atoms with E-state index in [0.29, 0.717) is 18.8 Å². The van der Waals surface area contributed by atoms with Gasteiger partial charge < -0.3 is 10.0 Å². The molecule has 1 rings (SSSR count). The molecule has 0 aliphatic heterocycles. The van der Waals surface area contributed by atoms with Crippen LogP contribution in [0.15, 0.2) is 0 Å². The van der Waals surface area contributed by atoms with Crippen LogP contribution in [0.3, 0.4) is 0 Å². The number of hydrogen-bond acceptors (Lipinski definition) is 2. The van der Waals surface area contributed by atoms with E-state index in [9.17, 15) is 9.59 Å². The van der Waals surface area contributed by atoms with E-state index in [2.05, 4.69) is 0 Å². The molecule has 0 aromatic rings. The highest BCUT2D eigenvalue weighted by atomic mass is 16.4. The van der Waals surface area contributed by atoms with E-state index in [-0.39, 0.29) is 5.91 Å². The van der Waals surface area contributed by atoms with Crippen molar-refractivity contribution in [3.63, 3.8) is 0 Å². The zero-order chi connectivity index (χ0) is 11.4. The average molecular weight is 213 g/mol. The van der Waals surface area contributed by atoms with Gasteiger partial charge in [0.15, 0.2) is 0 Å². The summed E-state index contributed by atoms with van der Waals surface area (Å²) in [5.41, 5.74) is 0. The Balaban J connectivity index is 2.45. The summed E-state index contributed by atoms with van der Waals surface area (Å²) in [7, 11) is 1.59. The van der Waals surface area contributed by atoms with Crippen molar-refractivity contribution in [3.8, 4) is 0 Å². The highest BCUT2D eigenvalue weighted by molar-refractivity contribution is 5.83. The zero-order valence-corrected chi connectivity index (χ0v) is 9.40. The summed E-state index contributed by atoms with van der Waals surface area (Å²) in [5, 5.41) is 8.90. The van der Waals surface area contributed by atoms with Crippen LogP contribution in [0.1, 0.15) is 39.0 Å². The number of amides is 1. The second-order valence-electron chi connectivity index (χ2n) is 4.27. The van der Waals surface area contributed by atoms with Crippen molar-refractivity contribution in [1.29, 1.82) is 0 Å². The molecule has 86 valence electrons. The van der Waals surface area contributed by atoms with Gasteiger partial charge in [-0.3, -0.25) is 4.79 Å². The summed E-state index contributed by atoms with van der Waals surface area (Å²) in [4.78, 5) is 23.9. The number of carboxylic acid groups (broad SMARTS) is 1. The lowest BCUT2D eigenvalue weighted by Crippen LogP contribution is -2.42. The van der Waals surface area contributed by atoms with Crippen molar-refractivity contribution in [3.05, 3.63) is 0 Å². The van der Waals surface area contributed by atoms with Gasteiger partial charge in [0.05, 0.1) is 0 Å². The lowest BCUT2D eigenvalue weighted by Gasteiger charge is -2.29. The summed E-state index contributed by atoms with van der Waals surface area (Å²) in [6.45, 7) is 1.78. The summed E-state index contributed by atoms with van der Waals surface area (Å²) in [6, 6.07) is -0.669. The van der Waals surface area contributed by atoms with Gasteiger partial charge in [0, 0.05) is 13.5 Å². The Morgan fingerprint density at radius 3 is 2.40 bits per heavy atom. The number of likely N-dealkylation sites (N-methyl/N-ethyl adjacent to an activating group) is 1. The summed E-state index contributed by atoms with van der Waals surface area (Å²) < 4.78 is 0. The molecule has 4 heteroatoms. The number of aliphatic carboxylic acids is 1. The van der Waals surface area contributed by atoms with Crippen molar-refractivity contribution in [2.24, 2.45) is 5.92 Å². The molecular weight excluding hydrogens is 194 g/mol. The molecule has 0 aromatic carbocycles. The van der Waals surface area contributed by atoms with Crippen molar-refractivity contribution in [1.82, 2.24) is 4.90 Å². The maximum absolute atomic E-state index is 11.7. The van der Waals surface area contributed by atoms with Crippen LogP contribution in [0.25, 0.3) is 0 Å². The second-order valence-corrected chi connectivity index (χ2v) is 4.27. The number of rotatable bonds is 5. The van der Waals surface area contributed by atoms with Gasteiger partial charge in [-0.15, -0.1) is 0 Å². The van der Waals surface area contributed by atoms with Crippen LogP contribution in [-0.2, 0) is 9.59 Å². The van der Waals surface area contributed by atoms with E-state index in [1.165, 1.54) is 11.3 Å². The third-order valence-corrected chi connectivity index (χ3v) is 3.22. The van der Waals surface area contributed by atoms with E-state index >= 15 is 0 Å². The molecule has 1 N–H and O–H groups in total. The summed E-state index contributed by atoms with van der Waals surface area (Å²) in [6.07, 6.45) is 4.41. The molecule has 0 radical (unpaired) electrons. The Labute approximate surface area is 90.3 Å². The Morgan fingerprint density at radius 1 is 1.47 bits per heavy atom. The first-order valence-corrected chi connectivity index (χ1v) is 5.54. The molecule has 4 nitrogen and oxygen atoms in total. The molecule has 0 spiro atoms. The molecule has 0 heterocycles. The van der Waals surface area contributed by atoms with Gasteiger partial charge in [0.1, 0.15) is 6.04 Å². The lowest BCUT2D eigenvalue weighted by molar-refractivity contribution is -0.149. The number of carboxylic acids is 1. The number of nitrogens with zero attached hydrogens (tertiary/aromatic N) is 1. The van der Waals surface area contributed by atoms with E-state index in [0.717, 1.165) is 12.8 Å². The Kier molecular flexibility index (Phi) is 4.12. The molecule has 1 atom stereocenters. The minimum Gasteiger partial charge on any atom is -0.480 e. The fourth-order valence-electron chi connectivity index (χ4n) is 1.88. The van der Waals surface area contributed by atoms with Gasteiger partial charge in [-0.05, 0) is 25.2 Å². The van der Waals surface area contributed by atoms with Crippen LogP contribution >= 0.6 is 0 Å². The third kappa shape index (κ3) is 2.94. The smallest absolute Gasteiger partial charge is 0.326 e. The normalized spacial score (nSPS) is 18.0. The van der Waals surface area contributed by atoms with Gasteiger partial charge in [0.2, 0.25) is 5.91 Å². The van der Waals surface area contributed by atoms with Gasteiger partial charge in [-0.25, -0.2) is 4.79 Å². The molecule has 1 fully saturated rings. The Bertz CT molecular complexity index is 248. The topological polar surface area (TPSA) is 57.6 Å². The number of carbonyl (C=O) groups excluding carboxylic acids is 1. The first-order valence-electron chi connectivity index (χ1n) is 5.54. The predicted octanol–water partition coefficient (Wildman–Crippen LogP) is 1.50. The number of carbonyl (C=O) groups is 2. The van der Waals surface area contributed by atoms with Crippen molar-refractivity contribution < 1.29 is 14.7 Å². The predicted molar refractivity (Wildman–Crippen MR) is 56.4 cm³/mol. The van der Waals surface area contributed by atoms with Gasteiger partial charge >= 0.3 is 5.97 Å². The second kappa shape index (κ2) is 5.14.